The molecule has 0 fully saturated rings. The van der Waals surface area contributed by atoms with Gasteiger partial charge in [0.15, 0.2) is 0 Å². The topological polar surface area (TPSA) is 30.3 Å². The van der Waals surface area contributed by atoms with Gasteiger partial charge in [-0.2, -0.15) is 0 Å². The molecule has 0 unspecified atom stereocenters. The highest BCUT2D eigenvalue weighted by molar-refractivity contribution is 5.78. The van der Waals surface area contributed by atoms with Gasteiger partial charge in [-0.1, -0.05) is 60.7 Å². The fourth-order valence-electron chi connectivity index (χ4n) is 3.54. The minimum atomic E-state index is 0.777. The van der Waals surface area contributed by atoms with Gasteiger partial charge in [0, 0.05) is 19.2 Å². The molecule has 28 heavy (non-hydrogen) atoms. The molecule has 3 aromatic carbocycles. The number of benzene rings is 3. The predicted octanol–water partition coefficient (Wildman–Crippen LogP) is 4.73. The number of hydrogen-bond donors (Lipinski definition) is 0. The molecule has 4 rings (SSSR count). The van der Waals surface area contributed by atoms with Crippen molar-refractivity contribution in [2.24, 2.45) is 0 Å². The van der Waals surface area contributed by atoms with E-state index < -0.39 is 0 Å². The molecular formula is C24H25N3O. The van der Waals surface area contributed by atoms with E-state index in [2.05, 4.69) is 83.2 Å². The van der Waals surface area contributed by atoms with Gasteiger partial charge in [0.25, 0.3) is 0 Å². The van der Waals surface area contributed by atoms with E-state index in [-0.39, 0.29) is 0 Å². The second-order valence-electron chi connectivity index (χ2n) is 7.11. The summed E-state index contributed by atoms with van der Waals surface area (Å²) in [6.45, 7) is 2.47. The maximum absolute atomic E-state index is 5.39. The van der Waals surface area contributed by atoms with Crippen molar-refractivity contribution in [3.63, 3.8) is 0 Å². The van der Waals surface area contributed by atoms with Crippen molar-refractivity contribution < 1.29 is 4.74 Å². The Morgan fingerprint density at radius 3 is 2.21 bits per heavy atom. The van der Waals surface area contributed by atoms with Crippen molar-refractivity contribution in [2.75, 3.05) is 14.2 Å². The van der Waals surface area contributed by atoms with Crippen LogP contribution in [-0.2, 0) is 19.6 Å². The lowest BCUT2D eigenvalue weighted by molar-refractivity contribution is 0.306. The van der Waals surface area contributed by atoms with Gasteiger partial charge in [0.2, 0.25) is 0 Å². The van der Waals surface area contributed by atoms with Gasteiger partial charge < -0.3 is 9.30 Å². The molecule has 0 atom stereocenters. The fraction of sp³-hybridized carbons (Fsp3) is 0.208. The highest BCUT2D eigenvalue weighted by Gasteiger charge is 2.14. The second kappa shape index (κ2) is 8.28. The van der Waals surface area contributed by atoms with E-state index in [1.807, 2.05) is 12.1 Å². The summed E-state index contributed by atoms with van der Waals surface area (Å²) in [6, 6.07) is 27.2. The Kier molecular flexibility index (Phi) is 5.40. The zero-order valence-electron chi connectivity index (χ0n) is 16.4. The average molecular weight is 371 g/mol. The fourth-order valence-corrected chi connectivity index (χ4v) is 3.54. The third kappa shape index (κ3) is 4.07. The number of hydrogen-bond acceptors (Lipinski definition) is 3. The van der Waals surface area contributed by atoms with Crippen LogP contribution in [0.3, 0.4) is 0 Å². The highest BCUT2D eigenvalue weighted by atomic mass is 16.5. The van der Waals surface area contributed by atoms with Crippen molar-refractivity contribution in [2.45, 2.75) is 19.6 Å². The Hall–Kier alpha value is -3.11. The van der Waals surface area contributed by atoms with Crippen molar-refractivity contribution in [1.29, 1.82) is 0 Å². The molecule has 1 aromatic heterocycles. The lowest BCUT2D eigenvalue weighted by atomic mass is 10.2. The van der Waals surface area contributed by atoms with Crippen LogP contribution in [0.25, 0.3) is 11.0 Å². The van der Waals surface area contributed by atoms with Crippen LogP contribution in [0.4, 0.5) is 0 Å². The van der Waals surface area contributed by atoms with Crippen molar-refractivity contribution >= 4 is 11.0 Å². The molecule has 0 amide bonds. The lowest BCUT2D eigenvalue weighted by Gasteiger charge is -2.18. The number of aromatic nitrogens is 2. The van der Waals surface area contributed by atoms with Crippen LogP contribution in [-0.4, -0.2) is 28.6 Å². The molecule has 4 nitrogen and oxygen atoms in total. The highest BCUT2D eigenvalue weighted by Crippen LogP contribution is 2.24. The van der Waals surface area contributed by atoms with Gasteiger partial charge in [-0.05, 0) is 30.3 Å². The molecule has 0 aliphatic carbocycles. The van der Waals surface area contributed by atoms with Crippen LogP contribution in [0.5, 0.6) is 5.75 Å². The summed E-state index contributed by atoms with van der Waals surface area (Å²) in [4.78, 5) is 7.24. The monoisotopic (exact) mass is 371 g/mol. The van der Waals surface area contributed by atoms with Gasteiger partial charge >= 0.3 is 0 Å². The minimum Gasteiger partial charge on any atom is -0.497 e. The molecule has 4 heteroatoms. The smallest absolute Gasteiger partial charge is 0.124 e. The number of rotatable bonds is 7. The first-order valence-corrected chi connectivity index (χ1v) is 9.52. The Morgan fingerprint density at radius 2 is 1.54 bits per heavy atom. The van der Waals surface area contributed by atoms with Crippen LogP contribution in [0.15, 0.2) is 78.9 Å². The Bertz CT molecular complexity index is 1040. The summed E-state index contributed by atoms with van der Waals surface area (Å²) in [5.41, 5.74) is 4.67. The molecular weight excluding hydrogens is 346 g/mol. The van der Waals surface area contributed by atoms with E-state index >= 15 is 0 Å². The van der Waals surface area contributed by atoms with Gasteiger partial charge in [-0.3, -0.25) is 4.90 Å². The van der Waals surface area contributed by atoms with Crippen LogP contribution in [0.2, 0.25) is 0 Å². The number of methoxy groups -OCH3 is 1. The molecule has 0 bridgehead atoms. The molecule has 0 spiro atoms. The van der Waals surface area contributed by atoms with E-state index in [0.717, 1.165) is 42.2 Å². The lowest BCUT2D eigenvalue weighted by Crippen LogP contribution is -2.20. The van der Waals surface area contributed by atoms with Gasteiger partial charge in [0.1, 0.15) is 11.6 Å². The van der Waals surface area contributed by atoms with E-state index in [1.165, 1.54) is 11.1 Å². The average Bonchev–Trinajstić information content (AvgIpc) is 3.05. The SMILES string of the molecule is COc1ccc2c(c1)nc(CN(C)Cc1ccccc1)n2Cc1ccccc1. The van der Waals surface area contributed by atoms with Crippen LogP contribution < -0.4 is 4.74 Å². The van der Waals surface area contributed by atoms with E-state index in [1.54, 1.807) is 7.11 Å². The zero-order valence-corrected chi connectivity index (χ0v) is 16.4. The molecule has 0 saturated carbocycles. The minimum absolute atomic E-state index is 0.777. The zero-order chi connectivity index (χ0) is 19.3. The maximum atomic E-state index is 5.39. The Morgan fingerprint density at radius 1 is 0.857 bits per heavy atom. The normalized spacial score (nSPS) is 11.2. The molecule has 4 aromatic rings. The van der Waals surface area contributed by atoms with Gasteiger partial charge in [-0.25, -0.2) is 4.98 Å². The Balaban J connectivity index is 1.66. The summed E-state index contributed by atoms with van der Waals surface area (Å²) in [6.07, 6.45) is 0. The molecule has 0 radical (unpaired) electrons. The molecule has 0 saturated heterocycles. The summed E-state index contributed by atoms with van der Waals surface area (Å²) in [5, 5.41) is 0. The second-order valence-corrected chi connectivity index (χ2v) is 7.11. The summed E-state index contributed by atoms with van der Waals surface area (Å²) in [5.74, 6) is 1.89. The predicted molar refractivity (Wildman–Crippen MR) is 113 cm³/mol. The largest absolute Gasteiger partial charge is 0.497 e. The van der Waals surface area contributed by atoms with E-state index in [0.29, 0.717) is 0 Å². The molecule has 0 aliphatic heterocycles. The van der Waals surface area contributed by atoms with E-state index in [4.69, 9.17) is 9.72 Å². The number of nitrogens with zero attached hydrogens (tertiary/aromatic N) is 3. The quantitative estimate of drug-likeness (QED) is 0.471. The third-order valence-corrected chi connectivity index (χ3v) is 4.92. The van der Waals surface area contributed by atoms with Crippen LogP contribution >= 0.6 is 0 Å². The molecule has 142 valence electrons. The molecule has 0 N–H and O–H groups in total. The number of ether oxygens (including phenoxy) is 1. The van der Waals surface area contributed by atoms with Crippen molar-refractivity contribution in [3.8, 4) is 5.75 Å². The standard InChI is InChI=1S/C24H25N3O/c1-26(16-19-9-5-3-6-10-19)18-24-25-22-15-21(28-2)13-14-23(22)27(24)17-20-11-7-4-8-12-20/h3-15H,16-18H2,1-2H3. The van der Waals surface area contributed by atoms with Crippen molar-refractivity contribution in [3.05, 3.63) is 95.8 Å². The third-order valence-electron chi connectivity index (χ3n) is 4.92. The van der Waals surface area contributed by atoms with E-state index in [9.17, 15) is 0 Å². The first kappa shape index (κ1) is 18.3. The molecule has 0 aliphatic rings. The van der Waals surface area contributed by atoms with Crippen LogP contribution in [0.1, 0.15) is 17.0 Å². The summed E-state index contributed by atoms with van der Waals surface area (Å²) < 4.78 is 7.70. The Labute approximate surface area is 166 Å². The summed E-state index contributed by atoms with van der Waals surface area (Å²) >= 11 is 0. The maximum Gasteiger partial charge on any atom is 0.124 e. The van der Waals surface area contributed by atoms with Gasteiger partial charge in [-0.15, -0.1) is 0 Å². The number of fused-ring (bicyclic) bond motifs is 1. The summed E-state index contributed by atoms with van der Waals surface area (Å²) in [7, 11) is 3.83. The molecule has 1 heterocycles. The van der Waals surface area contributed by atoms with Gasteiger partial charge in [0.05, 0.1) is 24.7 Å². The van der Waals surface area contributed by atoms with Crippen LogP contribution in [0, 0.1) is 0 Å². The van der Waals surface area contributed by atoms with Crippen molar-refractivity contribution in [1.82, 2.24) is 14.5 Å². The first-order valence-electron chi connectivity index (χ1n) is 9.52. The number of imidazole rings is 1. The first-order chi connectivity index (χ1) is 13.7.